The second-order valence-electron chi connectivity index (χ2n) is 6.42. The van der Waals surface area contributed by atoms with Gasteiger partial charge in [0.1, 0.15) is 0 Å². The first-order chi connectivity index (χ1) is 7.48. The highest BCUT2D eigenvalue weighted by molar-refractivity contribution is 5.06. The lowest BCUT2D eigenvalue weighted by atomic mass is 9.58. The van der Waals surface area contributed by atoms with Crippen LogP contribution in [0.3, 0.4) is 0 Å². The van der Waals surface area contributed by atoms with Gasteiger partial charge >= 0.3 is 0 Å². The highest BCUT2D eigenvalue weighted by Gasteiger charge is 2.41. The lowest BCUT2D eigenvalue weighted by Gasteiger charge is -2.47. The summed E-state index contributed by atoms with van der Waals surface area (Å²) >= 11 is 0. The molecule has 1 rings (SSSR count). The van der Waals surface area contributed by atoms with Crippen molar-refractivity contribution in [2.24, 2.45) is 17.3 Å². The van der Waals surface area contributed by atoms with Gasteiger partial charge in [-0.2, -0.15) is 0 Å². The van der Waals surface area contributed by atoms with Crippen molar-refractivity contribution >= 4 is 0 Å². The maximum absolute atomic E-state index is 4.16. The summed E-state index contributed by atoms with van der Waals surface area (Å²) in [7, 11) is 0. The summed E-state index contributed by atoms with van der Waals surface area (Å²) in [5.41, 5.74) is 2.03. The zero-order valence-electron chi connectivity index (χ0n) is 11.8. The smallest absolute Gasteiger partial charge is 0.0180 e. The quantitative estimate of drug-likeness (QED) is 0.389. The van der Waals surface area contributed by atoms with Gasteiger partial charge in [0.15, 0.2) is 0 Å². The second-order valence-corrected chi connectivity index (χ2v) is 6.42. The summed E-state index contributed by atoms with van der Waals surface area (Å²) in [5.74, 6) is 1.61. The molecule has 0 N–H and O–H groups in total. The van der Waals surface area contributed by atoms with Gasteiger partial charge in [-0.1, -0.05) is 58.6 Å². The zero-order valence-corrected chi connectivity index (χ0v) is 11.8. The molecule has 16 heavy (non-hydrogen) atoms. The molecule has 0 aromatic rings. The number of hydrogen-bond acceptors (Lipinski definition) is 0. The predicted octanol–water partition coefficient (Wildman–Crippen LogP) is 5.59. The highest BCUT2D eigenvalue weighted by Crippen LogP contribution is 2.52. The summed E-state index contributed by atoms with van der Waals surface area (Å²) in [6.45, 7) is 13.4. The van der Waals surface area contributed by atoms with Crippen molar-refractivity contribution in [2.75, 3.05) is 0 Å². The van der Waals surface area contributed by atoms with E-state index >= 15 is 0 Å². The number of rotatable bonds is 7. The molecule has 94 valence electrons. The molecule has 0 spiro atoms. The van der Waals surface area contributed by atoms with E-state index in [1.807, 2.05) is 0 Å². The molecular weight excluding hydrogens is 192 g/mol. The Balaban J connectivity index is 2.33. The molecule has 0 saturated heterocycles. The highest BCUT2D eigenvalue weighted by atomic mass is 14.5. The minimum absolute atomic E-state index is 0.642. The molecular formula is C16H30. The van der Waals surface area contributed by atoms with Gasteiger partial charge in [0.25, 0.3) is 0 Å². The van der Waals surface area contributed by atoms with Crippen LogP contribution in [-0.4, -0.2) is 0 Å². The van der Waals surface area contributed by atoms with Crippen molar-refractivity contribution in [3.8, 4) is 0 Å². The van der Waals surface area contributed by atoms with Crippen LogP contribution in [0.5, 0.6) is 0 Å². The van der Waals surface area contributed by atoms with Crippen molar-refractivity contribution in [3.63, 3.8) is 0 Å². The van der Waals surface area contributed by atoms with Gasteiger partial charge in [-0.25, -0.2) is 0 Å². The third-order valence-electron chi connectivity index (χ3n) is 4.71. The Labute approximate surface area is 103 Å². The summed E-state index contributed by atoms with van der Waals surface area (Å²) in [6.07, 6.45) is 10.0. The van der Waals surface area contributed by atoms with Crippen LogP contribution in [0.2, 0.25) is 0 Å². The van der Waals surface area contributed by atoms with Gasteiger partial charge in [0.2, 0.25) is 0 Å². The Bertz CT molecular complexity index is 220. The molecule has 0 heteroatoms. The molecule has 0 aliphatic heterocycles. The number of unbranched alkanes of at least 4 members (excludes halogenated alkanes) is 1. The standard InChI is InChI=1S/C16H30/c1-13(2)9-6-7-10-16(11-8-12-16)15(5)14(3)4/h13,15H,3,6-12H2,1-2,4-5H3. The van der Waals surface area contributed by atoms with E-state index in [9.17, 15) is 0 Å². The van der Waals surface area contributed by atoms with E-state index in [-0.39, 0.29) is 0 Å². The number of hydrogen-bond donors (Lipinski definition) is 0. The predicted molar refractivity (Wildman–Crippen MR) is 73.6 cm³/mol. The number of allylic oxidation sites excluding steroid dienone is 1. The monoisotopic (exact) mass is 222 g/mol. The summed E-state index contributed by atoms with van der Waals surface area (Å²) < 4.78 is 0. The average Bonchev–Trinajstić information content (AvgIpc) is 2.14. The van der Waals surface area contributed by atoms with Gasteiger partial charge < -0.3 is 0 Å². The van der Waals surface area contributed by atoms with E-state index in [1.54, 1.807) is 0 Å². The third kappa shape index (κ3) is 3.37. The van der Waals surface area contributed by atoms with Crippen LogP contribution in [0.15, 0.2) is 12.2 Å². The van der Waals surface area contributed by atoms with Crippen LogP contribution >= 0.6 is 0 Å². The van der Waals surface area contributed by atoms with Gasteiger partial charge in [-0.05, 0) is 43.4 Å². The molecule has 1 atom stereocenters. The Kier molecular flexibility index (Phi) is 5.08. The fourth-order valence-electron chi connectivity index (χ4n) is 3.08. The van der Waals surface area contributed by atoms with Crippen molar-refractivity contribution < 1.29 is 0 Å². The fraction of sp³-hybridized carbons (Fsp3) is 0.875. The molecule has 0 nitrogen and oxygen atoms in total. The Morgan fingerprint density at radius 3 is 2.19 bits per heavy atom. The summed E-state index contributed by atoms with van der Waals surface area (Å²) in [5, 5.41) is 0. The fourth-order valence-corrected chi connectivity index (χ4v) is 3.08. The first kappa shape index (κ1) is 13.8. The lowest BCUT2D eigenvalue weighted by molar-refractivity contribution is 0.0626. The van der Waals surface area contributed by atoms with E-state index in [0.717, 1.165) is 11.8 Å². The maximum Gasteiger partial charge on any atom is -0.0180 e. The SMILES string of the molecule is C=C(C)C(C)C1(CCCCC(C)C)CCC1. The molecule has 1 aliphatic rings. The van der Waals surface area contributed by atoms with Gasteiger partial charge in [0.05, 0.1) is 0 Å². The van der Waals surface area contributed by atoms with Crippen LogP contribution in [-0.2, 0) is 0 Å². The van der Waals surface area contributed by atoms with Gasteiger partial charge in [0, 0.05) is 0 Å². The van der Waals surface area contributed by atoms with Gasteiger partial charge in [-0.3, -0.25) is 0 Å². The van der Waals surface area contributed by atoms with Crippen molar-refractivity contribution in [3.05, 3.63) is 12.2 Å². The van der Waals surface area contributed by atoms with E-state index in [0.29, 0.717) is 5.41 Å². The van der Waals surface area contributed by atoms with Crippen LogP contribution < -0.4 is 0 Å². The van der Waals surface area contributed by atoms with Crippen LogP contribution in [0.25, 0.3) is 0 Å². The largest absolute Gasteiger partial charge is 0.0999 e. The lowest BCUT2D eigenvalue weighted by Crippen LogP contribution is -2.36. The first-order valence-corrected chi connectivity index (χ1v) is 7.13. The van der Waals surface area contributed by atoms with Crippen molar-refractivity contribution in [2.45, 2.75) is 72.6 Å². The Hall–Kier alpha value is -0.260. The normalized spacial score (nSPS) is 20.6. The van der Waals surface area contributed by atoms with Crippen LogP contribution in [0.1, 0.15) is 72.6 Å². The molecule has 1 fully saturated rings. The minimum Gasteiger partial charge on any atom is -0.0999 e. The van der Waals surface area contributed by atoms with Gasteiger partial charge in [-0.15, -0.1) is 0 Å². The summed E-state index contributed by atoms with van der Waals surface area (Å²) in [6, 6.07) is 0. The minimum atomic E-state index is 0.642. The summed E-state index contributed by atoms with van der Waals surface area (Å²) in [4.78, 5) is 0. The van der Waals surface area contributed by atoms with E-state index in [1.165, 1.54) is 50.5 Å². The molecule has 1 aliphatic carbocycles. The van der Waals surface area contributed by atoms with E-state index in [4.69, 9.17) is 0 Å². The van der Waals surface area contributed by atoms with Crippen LogP contribution in [0.4, 0.5) is 0 Å². The molecule has 0 aromatic carbocycles. The topological polar surface area (TPSA) is 0 Å². The second kappa shape index (κ2) is 5.89. The molecule has 0 heterocycles. The maximum atomic E-state index is 4.16. The van der Waals surface area contributed by atoms with E-state index in [2.05, 4.69) is 34.3 Å². The molecule has 0 aromatic heterocycles. The zero-order chi connectivity index (χ0) is 12.2. The molecule has 1 saturated carbocycles. The molecule has 0 bridgehead atoms. The van der Waals surface area contributed by atoms with E-state index < -0.39 is 0 Å². The van der Waals surface area contributed by atoms with Crippen molar-refractivity contribution in [1.29, 1.82) is 0 Å². The molecule has 0 radical (unpaired) electrons. The van der Waals surface area contributed by atoms with Crippen molar-refractivity contribution in [1.82, 2.24) is 0 Å². The molecule has 1 unspecified atom stereocenters. The average molecular weight is 222 g/mol. The first-order valence-electron chi connectivity index (χ1n) is 7.13. The Morgan fingerprint density at radius 1 is 1.19 bits per heavy atom. The molecule has 0 amide bonds. The Morgan fingerprint density at radius 2 is 1.81 bits per heavy atom. The third-order valence-corrected chi connectivity index (χ3v) is 4.71. The van der Waals surface area contributed by atoms with Crippen LogP contribution in [0, 0.1) is 17.3 Å².